The SMILES string of the molecule is CC(N)C(=O)NCCSc1ccccc1.Cl. The van der Waals surface area contributed by atoms with Crippen LogP contribution < -0.4 is 11.1 Å². The van der Waals surface area contributed by atoms with Gasteiger partial charge in [-0.25, -0.2) is 0 Å². The van der Waals surface area contributed by atoms with E-state index in [9.17, 15) is 4.79 Å². The van der Waals surface area contributed by atoms with E-state index in [4.69, 9.17) is 5.73 Å². The highest BCUT2D eigenvalue weighted by molar-refractivity contribution is 7.99. The van der Waals surface area contributed by atoms with Gasteiger partial charge < -0.3 is 11.1 Å². The monoisotopic (exact) mass is 260 g/mol. The molecule has 0 saturated carbocycles. The summed E-state index contributed by atoms with van der Waals surface area (Å²) in [6.45, 7) is 2.33. The summed E-state index contributed by atoms with van der Waals surface area (Å²) in [6.07, 6.45) is 0. The number of nitrogens with two attached hydrogens (primary N) is 1. The van der Waals surface area contributed by atoms with Crippen molar-refractivity contribution in [1.82, 2.24) is 5.32 Å². The number of thioether (sulfide) groups is 1. The van der Waals surface area contributed by atoms with Crippen LogP contribution in [0.5, 0.6) is 0 Å². The van der Waals surface area contributed by atoms with Crippen LogP contribution in [-0.2, 0) is 4.79 Å². The van der Waals surface area contributed by atoms with E-state index in [0.717, 1.165) is 5.75 Å². The van der Waals surface area contributed by atoms with Crippen LogP contribution in [0, 0.1) is 0 Å². The third kappa shape index (κ3) is 6.00. The number of benzene rings is 1. The molecule has 16 heavy (non-hydrogen) atoms. The number of hydrogen-bond donors (Lipinski definition) is 2. The quantitative estimate of drug-likeness (QED) is 0.626. The first kappa shape index (κ1) is 15.3. The summed E-state index contributed by atoms with van der Waals surface area (Å²) in [5, 5.41) is 2.77. The van der Waals surface area contributed by atoms with Crippen molar-refractivity contribution in [2.24, 2.45) is 5.73 Å². The van der Waals surface area contributed by atoms with Gasteiger partial charge in [-0.2, -0.15) is 0 Å². The molecular formula is C11H17ClN2OS. The summed E-state index contributed by atoms with van der Waals surface area (Å²) in [5.41, 5.74) is 5.41. The molecular weight excluding hydrogens is 244 g/mol. The number of hydrogen-bond acceptors (Lipinski definition) is 3. The van der Waals surface area contributed by atoms with Gasteiger partial charge in [-0.05, 0) is 19.1 Å². The molecule has 90 valence electrons. The molecule has 3 N–H and O–H groups in total. The van der Waals surface area contributed by atoms with Gasteiger partial charge in [0.15, 0.2) is 0 Å². The van der Waals surface area contributed by atoms with E-state index < -0.39 is 6.04 Å². The molecule has 0 aliphatic rings. The van der Waals surface area contributed by atoms with Crippen LogP contribution in [0.1, 0.15) is 6.92 Å². The molecule has 0 heterocycles. The Labute approximate surface area is 107 Å². The van der Waals surface area contributed by atoms with Crippen LogP contribution in [0.3, 0.4) is 0 Å². The predicted molar refractivity (Wildman–Crippen MR) is 71.1 cm³/mol. The zero-order valence-electron chi connectivity index (χ0n) is 9.18. The number of rotatable bonds is 5. The van der Waals surface area contributed by atoms with Crippen molar-refractivity contribution in [2.45, 2.75) is 17.9 Å². The van der Waals surface area contributed by atoms with Gasteiger partial charge in [0, 0.05) is 17.2 Å². The van der Waals surface area contributed by atoms with Crippen LogP contribution in [0.25, 0.3) is 0 Å². The molecule has 1 atom stereocenters. The minimum absolute atomic E-state index is 0. The summed E-state index contributed by atoms with van der Waals surface area (Å²) < 4.78 is 0. The average Bonchev–Trinajstić information content (AvgIpc) is 2.25. The number of carbonyl (C=O) groups is 1. The van der Waals surface area contributed by atoms with E-state index in [0.29, 0.717) is 6.54 Å². The topological polar surface area (TPSA) is 55.1 Å². The lowest BCUT2D eigenvalue weighted by atomic mass is 10.3. The molecule has 1 rings (SSSR count). The lowest BCUT2D eigenvalue weighted by Gasteiger charge is -2.07. The molecule has 3 nitrogen and oxygen atoms in total. The minimum atomic E-state index is -0.424. The van der Waals surface area contributed by atoms with Crippen molar-refractivity contribution in [3.63, 3.8) is 0 Å². The Kier molecular flexibility index (Phi) is 8.07. The van der Waals surface area contributed by atoms with Gasteiger partial charge in [0.2, 0.25) is 5.91 Å². The van der Waals surface area contributed by atoms with Gasteiger partial charge in [-0.1, -0.05) is 18.2 Å². The third-order valence-corrected chi connectivity index (χ3v) is 2.84. The van der Waals surface area contributed by atoms with Gasteiger partial charge >= 0.3 is 0 Å². The maximum Gasteiger partial charge on any atom is 0.236 e. The van der Waals surface area contributed by atoms with Crippen LogP contribution >= 0.6 is 24.2 Å². The molecule has 5 heteroatoms. The molecule has 1 aromatic carbocycles. The molecule has 0 radical (unpaired) electrons. The molecule has 0 fully saturated rings. The average molecular weight is 261 g/mol. The van der Waals surface area contributed by atoms with Crippen LogP contribution in [0.2, 0.25) is 0 Å². The summed E-state index contributed by atoms with van der Waals surface area (Å²) in [6, 6.07) is 9.68. The molecule has 0 aliphatic heterocycles. The fraction of sp³-hybridized carbons (Fsp3) is 0.364. The maximum atomic E-state index is 11.1. The van der Waals surface area contributed by atoms with Crippen LogP contribution in [-0.4, -0.2) is 24.2 Å². The van der Waals surface area contributed by atoms with Gasteiger partial charge in [0.1, 0.15) is 0 Å². The van der Waals surface area contributed by atoms with E-state index in [1.807, 2.05) is 18.2 Å². The first-order valence-corrected chi connectivity index (χ1v) is 5.90. The van der Waals surface area contributed by atoms with Crippen molar-refractivity contribution in [3.8, 4) is 0 Å². The second-order valence-corrected chi connectivity index (χ2v) is 4.41. The van der Waals surface area contributed by atoms with Crippen molar-refractivity contribution >= 4 is 30.1 Å². The third-order valence-electron chi connectivity index (χ3n) is 1.83. The van der Waals surface area contributed by atoms with Crippen LogP contribution in [0.4, 0.5) is 0 Å². The molecule has 0 spiro atoms. The molecule has 1 amide bonds. The largest absolute Gasteiger partial charge is 0.354 e. The van der Waals surface area contributed by atoms with E-state index >= 15 is 0 Å². The number of amides is 1. The molecule has 0 bridgehead atoms. The second kappa shape index (κ2) is 8.44. The highest BCUT2D eigenvalue weighted by atomic mass is 35.5. The first-order chi connectivity index (χ1) is 7.20. The Hall–Kier alpha value is -0.710. The second-order valence-electron chi connectivity index (χ2n) is 3.24. The zero-order chi connectivity index (χ0) is 11.1. The van der Waals surface area contributed by atoms with Crippen molar-refractivity contribution in [3.05, 3.63) is 30.3 Å². The van der Waals surface area contributed by atoms with Crippen molar-refractivity contribution in [2.75, 3.05) is 12.3 Å². The maximum absolute atomic E-state index is 11.1. The fourth-order valence-corrected chi connectivity index (χ4v) is 1.81. The number of halogens is 1. The lowest BCUT2D eigenvalue weighted by molar-refractivity contribution is -0.121. The molecule has 0 aromatic heterocycles. The van der Waals surface area contributed by atoms with E-state index in [2.05, 4.69) is 17.4 Å². The fourth-order valence-electron chi connectivity index (χ4n) is 1.02. The molecule has 0 saturated heterocycles. The number of carbonyl (C=O) groups excluding carboxylic acids is 1. The van der Waals surface area contributed by atoms with Gasteiger partial charge in [-0.15, -0.1) is 24.2 Å². The summed E-state index contributed by atoms with van der Waals surface area (Å²) in [4.78, 5) is 12.3. The standard InChI is InChI=1S/C11H16N2OS.ClH/c1-9(12)11(14)13-7-8-15-10-5-3-2-4-6-10;/h2-6,9H,7-8,12H2,1H3,(H,13,14);1H. The van der Waals surface area contributed by atoms with Crippen molar-refractivity contribution < 1.29 is 4.79 Å². The summed E-state index contributed by atoms with van der Waals surface area (Å²) in [5.74, 6) is 0.770. The van der Waals surface area contributed by atoms with E-state index in [1.165, 1.54) is 4.90 Å². The smallest absolute Gasteiger partial charge is 0.236 e. The Balaban J connectivity index is 0.00000225. The molecule has 1 aromatic rings. The zero-order valence-corrected chi connectivity index (χ0v) is 10.8. The lowest BCUT2D eigenvalue weighted by Crippen LogP contribution is -2.39. The Bertz CT molecular complexity index is 306. The molecule has 0 aliphatic carbocycles. The van der Waals surface area contributed by atoms with Gasteiger partial charge in [0.25, 0.3) is 0 Å². The Morgan fingerprint density at radius 1 is 1.44 bits per heavy atom. The van der Waals surface area contributed by atoms with E-state index in [-0.39, 0.29) is 18.3 Å². The molecule has 1 unspecified atom stereocenters. The number of nitrogens with one attached hydrogen (secondary N) is 1. The normalized spacial score (nSPS) is 11.4. The predicted octanol–water partition coefficient (Wildman–Crippen LogP) is 1.66. The van der Waals surface area contributed by atoms with Gasteiger partial charge in [0.05, 0.1) is 6.04 Å². The highest BCUT2D eigenvalue weighted by Gasteiger charge is 2.04. The Morgan fingerprint density at radius 3 is 2.62 bits per heavy atom. The summed E-state index contributed by atoms with van der Waals surface area (Å²) >= 11 is 1.72. The van der Waals surface area contributed by atoms with E-state index in [1.54, 1.807) is 18.7 Å². The van der Waals surface area contributed by atoms with Crippen molar-refractivity contribution in [1.29, 1.82) is 0 Å². The first-order valence-electron chi connectivity index (χ1n) is 4.91. The highest BCUT2D eigenvalue weighted by Crippen LogP contribution is 2.15. The summed E-state index contributed by atoms with van der Waals surface area (Å²) in [7, 11) is 0. The minimum Gasteiger partial charge on any atom is -0.354 e. The Morgan fingerprint density at radius 2 is 2.06 bits per heavy atom. The van der Waals surface area contributed by atoms with Gasteiger partial charge in [-0.3, -0.25) is 4.79 Å². The van der Waals surface area contributed by atoms with Crippen LogP contribution in [0.15, 0.2) is 35.2 Å².